The number of benzene rings is 1. The molecule has 2 fully saturated rings. The van der Waals surface area contributed by atoms with Gasteiger partial charge in [0.15, 0.2) is 5.78 Å². The van der Waals surface area contributed by atoms with E-state index in [0.717, 1.165) is 18.7 Å². The number of amides is 1. The van der Waals surface area contributed by atoms with Crippen molar-refractivity contribution in [2.45, 2.75) is 44.2 Å². The summed E-state index contributed by atoms with van der Waals surface area (Å²) in [4.78, 5) is 26.6. The zero-order valence-electron chi connectivity index (χ0n) is 14.1. The van der Waals surface area contributed by atoms with Crippen LogP contribution in [-0.4, -0.2) is 55.0 Å². The number of ether oxygens (including phenoxy) is 1. The molecule has 2 atom stereocenters. The molecule has 5 heteroatoms. The highest BCUT2D eigenvalue weighted by Gasteiger charge is 2.35. The van der Waals surface area contributed by atoms with Crippen LogP contribution in [0.3, 0.4) is 0 Å². The predicted octanol–water partition coefficient (Wildman–Crippen LogP) is 2.02. The number of nitrogens with zero attached hydrogens (tertiary/aromatic N) is 1. The smallest absolute Gasteiger partial charge is 0.220 e. The molecule has 2 saturated heterocycles. The van der Waals surface area contributed by atoms with E-state index in [1.807, 2.05) is 30.3 Å². The van der Waals surface area contributed by atoms with Gasteiger partial charge < -0.3 is 10.1 Å². The lowest BCUT2D eigenvalue weighted by atomic mass is 10.1. The molecule has 1 aromatic rings. The Labute approximate surface area is 143 Å². The van der Waals surface area contributed by atoms with Crippen molar-refractivity contribution < 1.29 is 14.3 Å². The highest BCUT2D eigenvalue weighted by Crippen LogP contribution is 2.19. The zero-order chi connectivity index (χ0) is 16.8. The van der Waals surface area contributed by atoms with Crippen molar-refractivity contribution >= 4 is 11.7 Å². The molecular formula is C19H26N2O3. The normalized spacial score (nSPS) is 24.2. The van der Waals surface area contributed by atoms with E-state index < -0.39 is 0 Å². The summed E-state index contributed by atoms with van der Waals surface area (Å²) in [6, 6.07) is 9.64. The van der Waals surface area contributed by atoms with Gasteiger partial charge in [0.25, 0.3) is 0 Å². The molecule has 0 radical (unpaired) electrons. The second kappa shape index (κ2) is 8.40. The fourth-order valence-electron chi connectivity index (χ4n) is 3.57. The van der Waals surface area contributed by atoms with Crippen LogP contribution in [0.4, 0.5) is 0 Å². The zero-order valence-corrected chi connectivity index (χ0v) is 14.1. The number of hydrogen-bond donors (Lipinski definition) is 1. The van der Waals surface area contributed by atoms with Crippen molar-refractivity contribution in [2.75, 3.05) is 26.3 Å². The van der Waals surface area contributed by atoms with Crippen LogP contribution < -0.4 is 5.32 Å². The summed E-state index contributed by atoms with van der Waals surface area (Å²) < 4.78 is 5.57. The Bertz CT molecular complexity index is 555. The summed E-state index contributed by atoms with van der Waals surface area (Å²) >= 11 is 0. The van der Waals surface area contributed by atoms with Gasteiger partial charge in [0.1, 0.15) is 0 Å². The topological polar surface area (TPSA) is 58.6 Å². The maximum Gasteiger partial charge on any atom is 0.220 e. The Hall–Kier alpha value is -1.72. The summed E-state index contributed by atoms with van der Waals surface area (Å²) in [5.74, 6) is 0.123. The largest absolute Gasteiger partial charge is 0.378 e. The number of likely N-dealkylation sites (tertiary alicyclic amines) is 1. The lowest BCUT2D eigenvalue weighted by molar-refractivity contribution is -0.122. The van der Waals surface area contributed by atoms with E-state index in [0.29, 0.717) is 38.5 Å². The maximum absolute atomic E-state index is 12.2. The van der Waals surface area contributed by atoms with Crippen LogP contribution in [-0.2, 0) is 9.53 Å². The van der Waals surface area contributed by atoms with E-state index in [-0.39, 0.29) is 17.7 Å². The SMILES string of the molecule is O=C(CCCC(=O)c1ccccc1)N[C@@H]1COC[C@H]1N1CCCC1. The third kappa shape index (κ3) is 4.42. The molecule has 2 aliphatic rings. The minimum atomic E-state index is 0.0237. The molecule has 1 N–H and O–H groups in total. The average Bonchev–Trinajstić information content (AvgIpc) is 3.26. The van der Waals surface area contributed by atoms with Gasteiger partial charge in [-0.3, -0.25) is 14.5 Å². The van der Waals surface area contributed by atoms with Gasteiger partial charge in [-0.2, -0.15) is 0 Å². The molecule has 0 aliphatic carbocycles. The maximum atomic E-state index is 12.2. The van der Waals surface area contributed by atoms with Crippen molar-refractivity contribution in [1.29, 1.82) is 0 Å². The summed E-state index contributed by atoms with van der Waals surface area (Å²) in [6.45, 7) is 3.51. The first kappa shape index (κ1) is 17.1. The van der Waals surface area contributed by atoms with Gasteiger partial charge in [0.05, 0.1) is 25.3 Å². The Morgan fingerprint density at radius 2 is 1.83 bits per heavy atom. The van der Waals surface area contributed by atoms with Gasteiger partial charge in [-0.1, -0.05) is 30.3 Å². The predicted molar refractivity (Wildman–Crippen MR) is 92.0 cm³/mol. The Kier molecular flexibility index (Phi) is 5.99. The number of nitrogens with one attached hydrogen (secondary N) is 1. The molecule has 3 rings (SSSR count). The molecular weight excluding hydrogens is 304 g/mol. The number of rotatable bonds is 7. The molecule has 1 amide bonds. The lowest BCUT2D eigenvalue weighted by Crippen LogP contribution is -2.50. The van der Waals surface area contributed by atoms with Crippen molar-refractivity contribution in [3.05, 3.63) is 35.9 Å². The van der Waals surface area contributed by atoms with E-state index >= 15 is 0 Å². The second-order valence-electron chi connectivity index (χ2n) is 6.66. The molecule has 2 aliphatic heterocycles. The van der Waals surface area contributed by atoms with Gasteiger partial charge in [0.2, 0.25) is 5.91 Å². The molecule has 0 saturated carbocycles. The average molecular weight is 330 g/mol. The number of carbonyl (C=O) groups excluding carboxylic acids is 2. The molecule has 0 bridgehead atoms. The summed E-state index contributed by atoms with van der Waals surface area (Å²) in [5.41, 5.74) is 0.719. The van der Waals surface area contributed by atoms with Crippen molar-refractivity contribution in [3.8, 4) is 0 Å². The van der Waals surface area contributed by atoms with Crippen molar-refractivity contribution in [1.82, 2.24) is 10.2 Å². The molecule has 1 aromatic carbocycles. The number of Topliss-reactive ketones (excluding diaryl/α,β-unsaturated/α-hetero) is 1. The van der Waals surface area contributed by atoms with Crippen LogP contribution in [0.25, 0.3) is 0 Å². The first-order valence-electron chi connectivity index (χ1n) is 8.93. The monoisotopic (exact) mass is 330 g/mol. The van der Waals surface area contributed by atoms with Crippen LogP contribution in [0.5, 0.6) is 0 Å². The van der Waals surface area contributed by atoms with Gasteiger partial charge in [-0.15, -0.1) is 0 Å². The fourth-order valence-corrected chi connectivity index (χ4v) is 3.57. The minimum Gasteiger partial charge on any atom is -0.378 e. The van der Waals surface area contributed by atoms with Crippen LogP contribution in [0.1, 0.15) is 42.5 Å². The van der Waals surface area contributed by atoms with Gasteiger partial charge >= 0.3 is 0 Å². The second-order valence-corrected chi connectivity index (χ2v) is 6.66. The molecule has 5 nitrogen and oxygen atoms in total. The highest BCUT2D eigenvalue weighted by atomic mass is 16.5. The minimum absolute atomic E-state index is 0.0237. The fraction of sp³-hybridized carbons (Fsp3) is 0.579. The van der Waals surface area contributed by atoms with E-state index in [4.69, 9.17) is 4.74 Å². The third-order valence-corrected chi connectivity index (χ3v) is 4.91. The number of ketones is 1. The van der Waals surface area contributed by atoms with Gasteiger partial charge in [-0.05, 0) is 32.4 Å². The molecule has 0 aromatic heterocycles. The van der Waals surface area contributed by atoms with Crippen LogP contribution in [0.2, 0.25) is 0 Å². The highest BCUT2D eigenvalue weighted by molar-refractivity contribution is 5.96. The molecule has 0 unspecified atom stereocenters. The summed E-state index contributed by atoms with van der Waals surface area (Å²) in [6.07, 6.45) is 3.86. The van der Waals surface area contributed by atoms with Crippen molar-refractivity contribution in [3.63, 3.8) is 0 Å². The Morgan fingerprint density at radius 3 is 2.58 bits per heavy atom. The van der Waals surface area contributed by atoms with E-state index in [1.54, 1.807) is 0 Å². The molecule has 2 heterocycles. The molecule has 24 heavy (non-hydrogen) atoms. The quantitative estimate of drug-likeness (QED) is 0.777. The first-order chi connectivity index (χ1) is 11.7. The van der Waals surface area contributed by atoms with Crippen molar-refractivity contribution in [2.24, 2.45) is 0 Å². The molecule has 0 spiro atoms. The Morgan fingerprint density at radius 1 is 1.08 bits per heavy atom. The summed E-state index contributed by atoms with van der Waals surface area (Å²) in [7, 11) is 0. The van der Waals surface area contributed by atoms with Gasteiger partial charge in [-0.25, -0.2) is 0 Å². The summed E-state index contributed by atoms with van der Waals surface area (Å²) in [5, 5.41) is 3.10. The van der Waals surface area contributed by atoms with E-state index in [1.165, 1.54) is 12.8 Å². The van der Waals surface area contributed by atoms with E-state index in [2.05, 4.69) is 10.2 Å². The third-order valence-electron chi connectivity index (χ3n) is 4.91. The number of hydrogen-bond acceptors (Lipinski definition) is 4. The lowest BCUT2D eigenvalue weighted by Gasteiger charge is -2.27. The molecule has 130 valence electrons. The van der Waals surface area contributed by atoms with Gasteiger partial charge in [0, 0.05) is 18.4 Å². The number of carbonyl (C=O) groups is 2. The van der Waals surface area contributed by atoms with Crippen LogP contribution >= 0.6 is 0 Å². The standard InChI is InChI=1S/C19H26N2O3/c22-18(15-7-2-1-3-8-15)9-6-10-19(23)20-16-13-24-14-17(16)21-11-4-5-12-21/h1-3,7-8,16-17H,4-6,9-14H2,(H,20,23)/t16-,17-/m1/s1. The van der Waals surface area contributed by atoms with Crippen LogP contribution in [0.15, 0.2) is 30.3 Å². The first-order valence-corrected chi connectivity index (χ1v) is 8.93. The Balaban J connectivity index is 1.40. The van der Waals surface area contributed by atoms with Crippen LogP contribution in [0, 0.1) is 0 Å². The van der Waals surface area contributed by atoms with E-state index in [9.17, 15) is 9.59 Å².